The van der Waals surface area contributed by atoms with E-state index in [9.17, 15) is 9.90 Å². The van der Waals surface area contributed by atoms with Crippen molar-refractivity contribution in [2.24, 2.45) is 5.92 Å². The van der Waals surface area contributed by atoms with Gasteiger partial charge >= 0.3 is 5.97 Å². The summed E-state index contributed by atoms with van der Waals surface area (Å²) < 4.78 is 5.98. The second kappa shape index (κ2) is 12.7. The van der Waals surface area contributed by atoms with Gasteiger partial charge in [0.05, 0.1) is 0 Å². The summed E-state index contributed by atoms with van der Waals surface area (Å²) in [5, 5.41) is 11.6. The van der Waals surface area contributed by atoms with Crippen LogP contribution in [0, 0.1) is 5.92 Å². The summed E-state index contributed by atoms with van der Waals surface area (Å²) in [7, 11) is 0. The largest absolute Gasteiger partial charge is 0.507 e. The van der Waals surface area contributed by atoms with Crippen LogP contribution in [0.4, 0.5) is 0 Å². The van der Waals surface area contributed by atoms with Crippen LogP contribution in [0.3, 0.4) is 0 Å². The van der Waals surface area contributed by atoms with Crippen molar-refractivity contribution in [1.82, 2.24) is 0 Å². The molecule has 0 radical (unpaired) electrons. The van der Waals surface area contributed by atoms with Gasteiger partial charge in [-0.05, 0) is 63.7 Å². The van der Waals surface area contributed by atoms with Gasteiger partial charge in [0.2, 0.25) is 0 Å². The molecular weight excluding hydrogens is 480 g/mol. The van der Waals surface area contributed by atoms with E-state index in [2.05, 4.69) is 107 Å². The Bertz CT molecular complexity index is 1160. The van der Waals surface area contributed by atoms with Crippen LogP contribution in [0.1, 0.15) is 135 Å². The van der Waals surface area contributed by atoms with Crippen molar-refractivity contribution in [2.75, 3.05) is 0 Å². The normalized spacial score (nSPS) is 12.6. The van der Waals surface area contributed by atoms with E-state index in [1.165, 1.54) is 17.2 Å². The molecule has 0 spiro atoms. The zero-order valence-electron chi connectivity index (χ0n) is 26.7. The number of carbonyl (C=O) groups excluding carboxylic acids is 1. The van der Waals surface area contributed by atoms with Gasteiger partial charge in [0.25, 0.3) is 0 Å². The molecule has 0 unspecified atom stereocenters. The van der Waals surface area contributed by atoms with E-state index in [-0.39, 0.29) is 16.2 Å². The van der Waals surface area contributed by atoms with Gasteiger partial charge in [-0.3, -0.25) is 0 Å². The fraction of sp³-hybridized carbons (Fsp3) is 0.583. The minimum atomic E-state index is -0.468. The number of rotatable bonds is 12. The minimum absolute atomic E-state index is 0.0113. The number of hydrogen-bond donors (Lipinski definition) is 1. The zero-order valence-corrected chi connectivity index (χ0v) is 26.7. The molecule has 2 rings (SSSR count). The van der Waals surface area contributed by atoms with Crippen LogP contribution in [-0.4, -0.2) is 11.1 Å². The van der Waals surface area contributed by atoms with Crippen molar-refractivity contribution >= 4 is 5.97 Å². The summed E-state index contributed by atoms with van der Waals surface area (Å²) in [6.45, 7) is 28.0. The van der Waals surface area contributed by atoms with E-state index < -0.39 is 5.97 Å². The van der Waals surface area contributed by atoms with Gasteiger partial charge in [0.15, 0.2) is 0 Å². The standard InChI is InChI=1S/C36H54O3/c1-13-16-35(9,10)28-20-25(18-24(4)5)32(38)26(21-28)19-27-22-29(36(11,12)17-14-2)23-30(34(6,7)8)33(27)39-31(37)15-3/h15,20-24,38H,3,13-14,16-19H2,1-2,4-12H3. The number of phenols is 1. The van der Waals surface area contributed by atoms with Crippen molar-refractivity contribution in [3.8, 4) is 11.5 Å². The van der Waals surface area contributed by atoms with Crippen LogP contribution < -0.4 is 4.74 Å². The quantitative estimate of drug-likeness (QED) is 0.167. The SMILES string of the molecule is C=CC(=O)Oc1c(Cc2cc(C(C)(C)CCC)cc(CC(C)C)c2O)cc(C(C)(C)CCC)cc1C(C)(C)C. The second-order valence-electron chi connectivity index (χ2n) is 14.1. The van der Waals surface area contributed by atoms with Crippen LogP contribution in [0.15, 0.2) is 36.9 Å². The van der Waals surface area contributed by atoms with E-state index in [0.29, 0.717) is 23.8 Å². The average Bonchev–Trinajstić information content (AvgIpc) is 2.80. The van der Waals surface area contributed by atoms with Crippen LogP contribution >= 0.6 is 0 Å². The Morgan fingerprint density at radius 2 is 1.36 bits per heavy atom. The molecule has 216 valence electrons. The fourth-order valence-electron chi connectivity index (χ4n) is 5.66. The lowest BCUT2D eigenvalue weighted by atomic mass is 9.75. The maximum atomic E-state index is 12.6. The molecule has 3 nitrogen and oxygen atoms in total. The number of ether oxygens (including phenoxy) is 1. The summed E-state index contributed by atoms with van der Waals surface area (Å²) in [4.78, 5) is 12.6. The van der Waals surface area contributed by atoms with Crippen molar-refractivity contribution in [2.45, 2.75) is 131 Å². The molecule has 0 aliphatic rings. The lowest BCUT2D eigenvalue weighted by Crippen LogP contribution is -2.22. The highest BCUT2D eigenvalue weighted by Gasteiger charge is 2.30. The molecule has 3 heteroatoms. The van der Waals surface area contributed by atoms with Crippen LogP contribution in [0.25, 0.3) is 0 Å². The molecule has 2 aromatic carbocycles. The highest BCUT2D eigenvalue weighted by atomic mass is 16.5. The number of phenolic OH excluding ortho intramolecular Hbond substituents is 1. The van der Waals surface area contributed by atoms with Gasteiger partial charge < -0.3 is 9.84 Å². The third-order valence-electron chi connectivity index (χ3n) is 7.93. The maximum absolute atomic E-state index is 12.6. The smallest absolute Gasteiger partial charge is 0.335 e. The first-order valence-electron chi connectivity index (χ1n) is 14.8. The predicted molar refractivity (Wildman–Crippen MR) is 166 cm³/mol. The highest BCUT2D eigenvalue weighted by molar-refractivity contribution is 5.84. The predicted octanol–water partition coefficient (Wildman–Crippen LogP) is 9.73. The Morgan fingerprint density at radius 1 is 0.872 bits per heavy atom. The van der Waals surface area contributed by atoms with Gasteiger partial charge in [-0.25, -0.2) is 4.79 Å². The molecule has 0 heterocycles. The van der Waals surface area contributed by atoms with Crippen molar-refractivity contribution in [3.05, 3.63) is 70.3 Å². The number of carbonyl (C=O) groups is 1. The molecular formula is C36H54O3. The van der Waals surface area contributed by atoms with E-state index in [1.807, 2.05) is 0 Å². The summed E-state index contributed by atoms with van der Waals surface area (Å²) in [6, 6.07) is 8.79. The van der Waals surface area contributed by atoms with E-state index in [4.69, 9.17) is 4.74 Å². The molecule has 0 saturated heterocycles. The Labute approximate surface area is 239 Å². The molecule has 0 aliphatic carbocycles. The maximum Gasteiger partial charge on any atom is 0.335 e. The first-order valence-corrected chi connectivity index (χ1v) is 14.8. The topological polar surface area (TPSA) is 46.5 Å². The number of hydrogen-bond acceptors (Lipinski definition) is 3. The summed E-state index contributed by atoms with van der Waals surface area (Å²) in [5.74, 6) is 0.899. The third-order valence-corrected chi connectivity index (χ3v) is 7.93. The Balaban J connectivity index is 2.90. The van der Waals surface area contributed by atoms with Gasteiger partial charge in [-0.1, -0.05) is 120 Å². The fourth-order valence-corrected chi connectivity index (χ4v) is 5.66. The molecule has 1 N–H and O–H groups in total. The summed E-state index contributed by atoms with van der Waals surface area (Å²) in [5.41, 5.74) is 5.97. The number of esters is 1. The second-order valence-corrected chi connectivity index (χ2v) is 14.1. The monoisotopic (exact) mass is 534 g/mol. The van der Waals surface area contributed by atoms with Crippen LogP contribution in [-0.2, 0) is 33.9 Å². The van der Waals surface area contributed by atoms with Crippen LogP contribution in [0.5, 0.6) is 11.5 Å². The van der Waals surface area contributed by atoms with Crippen molar-refractivity contribution in [1.29, 1.82) is 0 Å². The van der Waals surface area contributed by atoms with E-state index >= 15 is 0 Å². The molecule has 0 aromatic heterocycles. The minimum Gasteiger partial charge on any atom is -0.507 e. The van der Waals surface area contributed by atoms with Crippen molar-refractivity contribution in [3.63, 3.8) is 0 Å². The molecule has 0 amide bonds. The summed E-state index contributed by atoms with van der Waals surface area (Å²) in [6.07, 6.45) is 6.79. The molecule has 2 aromatic rings. The molecule has 0 fully saturated rings. The van der Waals surface area contributed by atoms with Gasteiger partial charge in [0.1, 0.15) is 11.5 Å². The Morgan fingerprint density at radius 3 is 1.82 bits per heavy atom. The number of aromatic hydroxyl groups is 1. The highest BCUT2D eigenvalue weighted by Crippen LogP contribution is 2.43. The van der Waals surface area contributed by atoms with Gasteiger partial charge in [0, 0.05) is 23.6 Å². The average molecular weight is 535 g/mol. The number of benzene rings is 2. The van der Waals surface area contributed by atoms with Crippen LogP contribution in [0.2, 0.25) is 0 Å². The molecule has 0 aliphatic heterocycles. The van der Waals surface area contributed by atoms with E-state index in [1.54, 1.807) is 0 Å². The first-order chi connectivity index (χ1) is 18.0. The van der Waals surface area contributed by atoms with Gasteiger partial charge in [-0.2, -0.15) is 0 Å². The third kappa shape index (κ3) is 8.22. The van der Waals surface area contributed by atoms with Gasteiger partial charge in [-0.15, -0.1) is 0 Å². The Hall–Kier alpha value is -2.55. The van der Waals surface area contributed by atoms with Crippen molar-refractivity contribution < 1.29 is 14.6 Å². The molecule has 0 saturated carbocycles. The zero-order chi connectivity index (χ0) is 29.8. The molecule has 39 heavy (non-hydrogen) atoms. The molecule has 0 bridgehead atoms. The summed E-state index contributed by atoms with van der Waals surface area (Å²) >= 11 is 0. The first kappa shape index (κ1) is 32.7. The molecule has 0 atom stereocenters. The lowest BCUT2D eigenvalue weighted by Gasteiger charge is -2.31. The lowest BCUT2D eigenvalue weighted by molar-refractivity contribution is -0.129. The Kier molecular flexibility index (Phi) is 10.7. The van der Waals surface area contributed by atoms with E-state index in [0.717, 1.165) is 54.4 Å².